The van der Waals surface area contributed by atoms with Crippen molar-refractivity contribution >= 4 is 23.3 Å². The zero-order valence-corrected chi connectivity index (χ0v) is 15.2. The minimum Gasteiger partial charge on any atom is -0.382 e. The Kier molecular flexibility index (Phi) is 4.67. The lowest BCUT2D eigenvalue weighted by molar-refractivity contribution is -0.125. The van der Waals surface area contributed by atoms with Gasteiger partial charge in [0.1, 0.15) is 11.5 Å². The number of ether oxygens (including phenoxy) is 1. The van der Waals surface area contributed by atoms with Gasteiger partial charge in [-0.3, -0.25) is 9.59 Å². The van der Waals surface area contributed by atoms with E-state index in [4.69, 9.17) is 16.3 Å². The number of Topliss-reactive ketones (excluding diaryl/α,β-unsaturated/α-hetero) is 1. The van der Waals surface area contributed by atoms with E-state index in [9.17, 15) is 9.59 Å². The summed E-state index contributed by atoms with van der Waals surface area (Å²) >= 11 is 5.95. The summed E-state index contributed by atoms with van der Waals surface area (Å²) in [5.74, 6) is -1.25. The Hall–Kier alpha value is -2.17. The standard InChI is InChI=1S/C20H20ClNO3/c1-12-4-5-14(13-6-8-15(21)9-7-13)10-16(12)17-18(23)20(2,11-25-3)22-19(17)24/h4-10,17H,11H2,1-3H3,(H,22,24). The smallest absolute Gasteiger partial charge is 0.236 e. The van der Waals surface area contributed by atoms with Gasteiger partial charge < -0.3 is 10.1 Å². The lowest BCUT2D eigenvalue weighted by Crippen LogP contribution is -2.47. The van der Waals surface area contributed by atoms with Crippen LogP contribution in [0.25, 0.3) is 11.1 Å². The van der Waals surface area contributed by atoms with Gasteiger partial charge in [0.05, 0.1) is 6.61 Å². The quantitative estimate of drug-likeness (QED) is 0.852. The van der Waals surface area contributed by atoms with Crippen LogP contribution in [-0.4, -0.2) is 30.9 Å². The molecule has 25 heavy (non-hydrogen) atoms. The Morgan fingerprint density at radius 3 is 2.40 bits per heavy atom. The second kappa shape index (κ2) is 6.62. The zero-order valence-electron chi connectivity index (χ0n) is 14.4. The van der Waals surface area contributed by atoms with Gasteiger partial charge >= 0.3 is 0 Å². The molecular formula is C20H20ClNO3. The van der Waals surface area contributed by atoms with Crippen molar-refractivity contribution in [2.24, 2.45) is 0 Å². The highest BCUT2D eigenvalue weighted by molar-refractivity contribution is 6.30. The Bertz CT molecular complexity index is 831. The molecule has 2 unspecified atom stereocenters. The molecule has 1 saturated heterocycles. The first-order valence-electron chi connectivity index (χ1n) is 8.07. The van der Waals surface area contributed by atoms with Gasteiger partial charge in [-0.25, -0.2) is 0 Å². The summed E-state index contributed by atoms with van der Waals surface area (Å²) in [6.45, 7) is 3.77. The van der Waals surface area contributed by atoms with Crippen LogP contribution in [0.1, 0.15) is 24.0 Å². The fourth-order valence-corrected chi connectivity index (χ4v) is 3.42. The maximum atomic E-state index is 12.9. The number of hydrogen-bond acceptors (Lipinski definition) is 3. The highest BCUT2D eigenvalue weighted by Crippen LogP contribution is 2.34. The Morgan fingerprint density at radius 2 is 1.76 bits per heavy atom. The zero-order chi connectivity index (χ0) is 18.2. The van der Waals surface area contributed by atoms with Crippen LogP contribution in [0.3, 0.4) is 0 Å². The molecule has 0 bridgehead atoms. The van der Waals surface area contributed by atoms with Crippen LogP contribution in [0.2, 0.25) is 5.02 Å². The van der Waals surface area contributed by atoms with Crippen molar-refractivity contribution in [3.05, 3.63) is 58.6 Å². The maximum Gasteiger partial charge on any atom is 0.236 e. The number of hydrogen-bond donors (Lipinski definition) is 1. The molecule has 1 N–H and O–H groups in total. The molecule has 1 aliphatic rings. The first-order valence-corrected chi connectivity index (χ1v) is 8.45. The molecule has 0 radical (unpaired) electrons. The van der Waals surface area contributed by atoms with Gasteiger partial charge in [0.15, 0.2) is 5.78 Å². The number of nitrogens with one attached hydrogen (secondary N) is 1. The van der Waals surface area contributed by atoms with E-state index < -0.39 is 11.5 Å². The van der Waals surface area contributed by atoms with Gasteiger partial charge in [0, 0.05) is 12.1 Å². The number of benzene rings is 2. The molecule has 1 aliphatic heterocycles. The van der Waals surface area contributed by atoms with E-state index in [1.807, 2.05) is 49.4 Å². The van der Waals surface area contributed by atoms with Crippen molar-refractivity contribution in [3.63, 3.8) is 0 Å². The SMILES string of the molecule is COCC1(C)NC(=O)C(c2cc(-c3ccc(Cl)cc3)ccc2C)C1=O. The van der Waals surface area contributed by atoms with Crippen LogP contribution < -0.4 is 5.32 Å². The van der Waals surface area contributed by atoms with Crippen molar-refractivity contribution < 1.29 is 14.3 Å². The van der Waals surface area contributed by atoms with Crippen LogP contribution >= 0.6 is 11.6 Å². The average molecular weight is 358 g/mol. The molecule has 4 nitrogen and oxygen atoms in total. The molecular weight excluding hydrogens is 338 g/mol. The Labute approximate surface area is 152 Å². The maximum absolute atomic E-state index is 12.9. The number of rotatable bonds is 4. The van der Waals surface area contributed by atoms with Crippen molar-refractivity contribution in [3.8, 4) is 11.1 Å². The third-order valence-electron chi connectivity index (χ3n) is 4.67. The molecule has 1 amide bonds. The Balaban J connectivity index is 2.02. The monoisotopic (exact) mass is 357 g/mol. The third kappa shape index (κ3) is 3.20. The summed E-state index contributed by atoms with van der Waals surface area (Å²) in [5.41, 5.74) is 2.58. The summed E-state index contributed by atoms with van der Waals surface area (Å²) in [6, 6.07) is 13.3. The number of carbonyl (C=O) groups is 2. The highest BCUT2D eigenvalue weighted by Gasteiger charge is 2.50. The first kappa shape index (κ1) is 17.6. The molecule has 0 aliphatic carbocycles. The van der Waals surface area contributed by atoms with Gasteiger partial charge in [0.2, 0.25) is 5.91 Å². The van der Waals surface area contributed by atoms with Crippen LogP contribution in [0.5, 0.6) is 0 Å². The number of methoxy groups -OCH3 is 1. The van der Waals surface area contributed by atoms with Crippen LogP contribution in [-0.2, 0) is 14.3 Å². The van der Waals surface area contributed by atoms with E-state index in [0.29, 0.717) is 5.02 Å². The lowest BCUT2D eigenvalue weighted by atomic mass is 9.85. The van der Waals surface area contributed by atoms with Crippen LogP contribution in [0, 0.1) is 6.92 Å². The lowest BCUT2D eigenvalue weighted by Gasteiger charge is -2.21. The molecule has 1 fully saturated rings. The minimum atomic E-state index is -0.987. The fourth-order valence-electron chi connectivity index (χ4n) is 3.30. The fraction of sp³-hybridized carbons (Fsp3) is 0.300. The number of carbonyl (C=O) groups excluding carboxylic acids is 2. The third-order valence-corrected chi connectivity index (χ3v) is 4.92. The van der Waals surface area contributed by atoms with E-state index in [2.05, 4.69) is 5.32 Å². The van der Waals surface area contributed by atoms with E-state index in [0.717, 1.165) is 22.3 Å². The second-order valence-electron chi connectivity index (χ2n) is 6.63. The summed E-state index contributed by atoms with van der Waals surface area (Å²) in [6.07, 6.45) is 0. The molecule has 0 saturated carbocycles. The van der Waals surface area contributed by atoms with E-state index in [1.165, 1.54) is 7.11 Å². The Morgan fingerprint density at radius 1 is 1.12 bits per heavy atom. The topological polar surface area (TPSA) is 55.4 Å². The summed E-state index contributed by atoms with van der Waals surface area (Å²) in [4.78, 5) is 25.4. The van der Waals surface area contributed by atoms with Crippen molar-refractivity contribution in [2.75, 3.05) is 13.7 Å². The molecule has 0 aromatic heterocycles. The largest absolute Gasteiger partial charge is 0.382 e. The normalized spacial score (nSPS) is 23.0. The predicted octanol–water partition coefficient (Wildman–Crippen LogP) is 3.50. The molecule has 2 aromatic rings. The van der Waals surface area contributed by atoms with Gasteiger partial charge in [-0.05, 0) is 54.3 Å². The molecule has 5 heteroatoms. The molecule has 0 spiro atoms. The van der Waals surface area contributed by atoms with E-state index in [1.54, 1.807) is 6.92 Å². The van der Waals surface area contributed by atoms with Gasteiger partial charge in [-0.15, -0.1) is 0 Å². The summed E-state index contributed by atoms with van der Waals surface area (Å²) in [7, 11) is 1.52. The molecule has 2 atom stereocenters. The van der Waals surface area contributed by atoms with Crippen molar-refractivity contribution in [2.45, 2.75) is 25.3 Å². The summed E-state index contributed by atoms with van der Waals surface area (Å²) in [5, 5.41) is 3.46. The molecule has 2 aromatic carbocycles. The van der Waals surface area contributed by atoms with Crippen LogP contribution in [0.4, 0.5) is 0 Å². The van der Waals surface area contributed by atoms with Crippen molar-refractivity contribution in [1.29, 1.82) is 0 Å². The number of ketones is 1. The number of halogens is 1. The molecule has 3 rings (SSSR count). The predicted molar refractivity (Wildman–Crippen MR) is 97.8 cm³/mol. The minimum absolute atomic E-state index is 0.157. The van der Waals surface area contributed by atoms with Gasteiger partial charge in [0.25, 0.3) is 0 Å². The van der Waals surface area contributed by atoms with Crippen molar-refractivity contribution in [1.82, 2.24) is 5.32 Å². The second-order valence-corrected chi connectivity index (χ2v) is 7.07. The first-order chi connectivity index (χ1) is 11.9. The van der Waals surface area contributed by atoms with E-state index >= 15 is 0 Å². The van der Waals surface area contributed by atoms with Crippen LogP contribution in [0.15, 0.2) is 42.5 Å². The number of aryl methyl sites for hydroxylation is 1. The van der Waals surface area contributed by atoms with Gasteiger partial charge in [-0.2, -0.15) is 0 Å². The highest BCUT2D eigenvalue weighted by atomic mass is 35.5. The summed E-state index contributed by atoms with van der Waals surface area (Å²) < 4.78 is 5.12. The van der Waals surface area contributed by atoms with Gasteiger partial charge in [-0.1, -0.05) is 35.9 Å². The number of amides is 1. The average Bonchev–Trinajstić information content (AvgIpc) is 2.79. The van der Waals surface area contributed by atoms with E-state index in [-0.39, 0.29) is 18.3 Å². The molecule has 130 valence electrons. The molecule has 1 heterocycles.